The number of aromatic nitrogens is 2. The van der Waals surface area contributed by atoms with Crippen molar-refractivity contribution in [2.45, 2.75) is 46.5 Å². The highest BCUT2D eigenvalue weighted by molar-refractivity contribution is 9.10. The zero-order chi connectivity index (χ0) is 12.1. The number of nitrogens with one attached hydrogen (secondary N) is 1. The molecule has 3 nitrogen and oxygen atoms in total. The first-order valence-electron chi connectivity index (χ1n) is 5.91. The summed E-state index contributed by atoms with van der Waals surface area (Å²) in [5.74, 6) is 2.34. The molecule has 1 aromatic heterocycles. The first kappa shape index (κ1) is 13.4. The topological polar surface area (TPSA) is 37.8 Å². The van der Waals surface area contributed by atoms with Gasteiger partial charge in [-0.05, 0) is 42.6 Å². The van der Waals surface area contributed by atoms with Crippen molar-refractivity contribution in [2.24, 2.45) is 0 Å². The van der Waals surface area contributed by atoms with Crippen LogP contribution in [0, 0.1) is 6.92 Å². The molecule has 0 radical (unpaired) electrons. The van der Waals surface area contributed by atoms with Crippen molar-refractivity contribution in [3.63, 3.8) is 0 Å². The van der Waals surface area contributed by atoms with E-state index in [-0.39, 0.29) is 0 Å². The largest absolute Gasteiger partial charge is 0.369 e. The quantitative estimate of drug-likeness (QED) is 0.892. The van der Waals surface area contributed by atoms with Gasteiger partial charge in [0.25, 0.3) is 0 Å². The van der Waals surface area contributed by atoms with Gasteiger partial charge in [-0.15, -0.1) is 0 Å². The molecule has 0 amide bonds. The molecule has 0 saturated carbocycles. The second-order valence-electron chi connectivity index (χ2n) is 3.87. The Bertz CT molecular complexity index is 348. The van der Waals surface area contributed by atoms with Gasteiger partial charge in [0.2, 0.25) is 0 Å². The molecule has 0 unspecified atom stereocenters. The van der Waals surface area contributed by atoms with Crippen LogP contribution in [0.1, 0.15) is 51.0 Å². The van der Waals surface area contributed by atoms with Crippen LogP contribution in [0.4, 0.5) is 5.82 Å². The Labute approximate surface area is 106 Å². The zero-order valence-electron chi connectivity index (χ0n) is 10.5. The van der Waals surface area contributed by atoms with Crippen LogP contribution in [0.25, 0.3) is 0 Å². The summed E-state index contributed by atoms with van der Waals surface area (Å²) in [4.78, 5) is 9.16. The van der Waals surface area contributed by atoms with Gasteiger partial charge < -0.3 is 5.32 Å². The Morgan fingerprint density at radius 2 is 1.81 bits per heavy atom. The third-order valence-electron chi connectivity index (χ3n) is 2.73. The molecule has 0 spiro atoms. The Morgan fingerprint density at radius 1 is 1.19 bits per heavy atom. The van der Waals surface area contributed by atoms with Gasteiger partial charge in [-0.3, -0.25) is 0 Å². The van der Waals surface area contributed by atoms with E-state index < -0.39 is 0 Å². The van der Waals surface area contributed by atoms with E-state index in [1.165, 1.54) is 0 Å². The number of aryl methyl sites for hydroxylation is 1. The molecule has 0 aromatic carbocycles. The molecule has 0 aliphatic carbocycles. The van der Waals surface area contributed by atoms with Crippen molar-refractivity contribution < 1.29 is 0 Å². The van der Waals surface area contributed by atoms with Crippen LogP contribution in [-0.4, -0.2) is 16.5 Å². The van der Waals surface area contributed by atoms with E-state index in [4.69, 9.17) is 0 Å². The summed E-state index contributed by atoms with van der Waals surface area (Å²) in [7, 11) is 0. The van der Waals surface area contributed by atoms with E-state index in [1.807, 2.05) is 6.92 Å². The first-order valence-corrected chi connectivity index (χ1v) is 6.71. The van der Waals surface area contributed by atoms with Gasteiger partial charge in [0.15, 0.2) is 0 Å². The van der Waals surface area contributed by atoms with E-state index in [1.54, 1.807) is 0 Å². The Balaban J connectivity index is 3.12. The van der Waals surface area contributed by atoms with Crippen molar-refractivity contribution in [3.8, 4) is 0 Å². The highest BCUT2D eigenvalue weighted by Gasteiger charge is 2.14. The predicted molar refractivity (Wildman–Crippen MR) is 72.0 cm³/mol. The number of nitrogens with zero attached hydrogens (tertiary/aromatic N) is 2. The molecular formula is C12H20BrN3. The SMILES string of the molecule is CCNc1nc(C(CC)CC)nc(C)c1Br. The van der Waals surface area contributed by atoms with Gasteiger partial charge in [0.1, 0.15) is 11.6 Å². The van der Waals surface area contributed by atoms with E-state index in [0.717, 1.165) is 41.2 Å². The van der Waals surface area contributed by atoms with Crippen molar-refractivity contribution >= 4 is 21.7 Å². The van der Waals surface area contributed by atoms with Gasteiger partial charge in [-0.1, -0.05) is 13.8 Å². The van der Waals surface area contributed by atoms with Gasteiger partial charge in [-0.2, -0.15) is 0 Å². The lowest BCUT2D eigenvalue weighted by molar-refractivity contribution is 0.599. The lowest BCUT2D eigenvalue weighted by Crippen LogP contribution is -2.09. The Morgan fingerprint density at radius 3 is 2.31 bits per heavy atom. The lowest BCUT2D eigenvalue weighted by Gasteiger charge is -2.15. The standard InChI is InChI=1S/C12H20BrN3/c1-5-9(6-2)11-15-8(4)10(13)12(16-11)14-7-3/h9H,5-7H2,1-4H3,(H,14,15,16). The minimum Gasteiger partial charge on any atom is -0.369 e. The summed E-state index contributed by atoms with van der Waals surface area (Å²) in [5, 5.41) is 3.26. The molecular weight excluding hydrogens is 266 g/mol. The van der Waals surface area contributed by atoms with E-state index >= 15 is 0 Å². The van der Waals surface area contributed by atoms with Gasteiger partial charge in [0.05, 0.1) is 10.2 Å². The molecule has 1 rings (SSSR count). The molecule has 0 saturated heterocycles. The predicted octanol–water partition coefficient (Wildman–Crippen LogP) is 3.88. The Hall–Kier alpha value is -0.640. The molecule has 90 valence electrons. The fourth-order valence-electron chi connectivity index (χ4n) is 1.70. The van der Waals surface area contributed by atoms with Crippen molar-refractivity contribution in [3.05, 3.63) is 16.0 Å². The van der Waals surface area contributed by atoms with Crippen LogP contribution in [0.2, 0.25) is 0 Å². The van der Waals surface area contributed by atoms with Crippen molar-refractivity contribution in [2.75, 3.05) is 11.9 Å². The molecule has 0 bridgehead atoms. The highest BCUT2D eigenvalue weighted by Crippen LogP contribution is 2.27. The number of hydrogen-bond donors (Lipinski definition) is 1. The van der Waals surface area contributed by atoms with E-state index in [0.29, 0.717) is 5.92 Å². The third kappa shape index (κ3) is 2.94. The second-order valence-corrected chi connectivity index (χ2v) is 4.67. The normalized spacial score (nSPS) is 10.9. The van der Waals surface area contributed by atoms with Crippen LogP contribution in [-0.2, 0) is 0 Å². The third-order valence-corrected chi connectivity index (χ3v) is 3.68. The molecule has 0 fully saturated rings. The molecule has 16 heavy (non-hydrogen) atoms. The lowest BCUT2D eigenvalue weighted by atomic mass is 10.0. The molecule has 1 aromatic rings. The van der Waals surface area contributed by atoms with Crippen LogP contribution >= 0.6 is 15.9 Å². The molecule has 4 heteroatoms. The average molecular weight is 286 g/mol. The summed E-state index contributed by atoms with van der Waals surface area (Å²) >= 11 is 3.52. The fraction of sp³-hybridized carbons (Fsp3) is 0.667. The van der Waals surface area contributed by atoms with Crippen LogP contribution in [0.5, 0.6) is 0 Å². The maximum atomic E-state index is 4.60. The summed E-state index contributed by atoms with van der Waals surface area (Å²) < 4.78 is 0.976. The minimum atomic E-state index is 0.462. The molecule has 0 aliphatic rings. The number of hydrogen-bond acceptors (Lipinski definition) is 3. The number of rotatable bonds is 5. The van der Waals surface area contributed by atoms with E-state index in [2.05, 4.69) is 52.0 Å². The molecule has 1 heterocycles. The monoisotopic (exact) mass is 285 g/mol. The van der Waals surface area contributed by atoms with Crippen LogP contribution < -0.4 is 5.32 Å². The van der Waals surface area contributed by atoms with Crippen LogP contribution in [0.3, 0.4) is 0 Å². The maximum absolute atomic E-state index is 4.60. The maximum Gasteiger partial charge on any atom is 0.144 e. The molecule has 0 aliphatic heterocycles. The van der Waals surface area contributed by atoms with Gasteiger partial charge >= 0.3 is 0 Å². The molecule has 1 N–H and O–H groups in total. The highest BCUT2D eigenvalue weighted by atomic mass is 79.9. The Kier molecular flexibility index (Phi) is 5.19. The van der Waals surface area contributed by atoms with Crippen LogP contribution in [0.15, 0.2) is 4.47 Å². The second kappa shape index (κ2) is 6.18. The van der Waals surface area contributed by atoms with E-state index in [9.17, 15) is 0 Å². The summed E-state index contributed by atoms with van der Waals surface area (Å²) in [6, 6.07) is 0. The molecule has 0 atom stereocenters. The summed E-state index contributed by atoms with van der Waals surface area (Å²) in [5.41, 5.74) is 1.01. The summed E-state index contributed by atoms with van der Waals surface area (Å²) in [6.45, 7) is 9.32. The van der Waals surface area contributed by atoms with Gasteiger partial charge in [0, 0.05) is 12.5 Å². The zero-order valence-corrected chi connectivity index (χ0v) is 12.1. The summed E-state index contributed by atoms with van der Waals surface area (Å²) in [6.07, 6.45) is 2.17. The van der Waals surface area contributed by atoms with Gasteiger partial charge in [-0.25, -0.2) is 9.97 Å². The number of halogens is 1. The van der Waals surface area contributed by atoms with Crippen molar-refractivity contribution in [1.29, 1.82) is 0 Å². The minimum absolute atomic E-state index is 0.462. The number of anilines is 1. The fourth-order valence-corrected chi connectivity index (χ4v) is 2.02. The van der Waals surface area contributed by atoms with Crippen molar-refractivity contribution in [1.82, 2.24) is 9.97 Å². The first-order chi connectivity index (χ1) is 7.63. The smallest absolute Gasteiger partial charge is 0.144 e. The average Bonchev–Trinajstić information content (AvgIpc) is 2.27.